The summed E-state index contributed by atoms with van der Waals surface area (Å²) in [5.41, 5.74) is 0.456. The minimum Gasteiger partial charge on any atom is -0.508 e. The molecule has 23 heavy (non-hydrogen) atoms. The lowest BCUT2D eigenvalue weighted by Gasteiger charge is -2.26. The first kappa shape index (κ1) is 15.7. The molecule has 1 N–H and O–H groups in total. The van der Waals surface area contributed by atoms with Crippen molar-refractivity contribution < 1.29 is 19.1 Å². The third-order valence-electron chi connectivity index (χ3n) is 4.10. The number of carbonyl (C=O) groups excluding carboxylic acids is 1. The van der Waals surface area contributed by atoms with Gasteiger partial charge in [-0.05, 0) is 24.6 Å². The first-order valence-electron chi connectivity index (χ1n) is 7.65. The second-order valence-electron chi connectivity index (χ2n) is 5.75. The van der Waals surface area contributed by atoms with Crippen molar-refractivity contribution in [2.45, 2.75) is 13.3 Å². The summed E-state index contributed by atoms with van der Waals surface area (Å²) in [4.78, 5) is 26.6. The van der Waals surface area contributed by atoms with Crippen molar-refractivity contribution in [1.29, 1.82) is 0 Å². The van der Waals surface area contributed by atoms with E-state index in [9.17, 15) is 14.7 Å². The second kappa shape index (κ2) is 6.52. The van der Waals surface area contributed by atoms with Crippen molar-refractivity contribution in [3.8, 4) is 5.75 Å². The van der Waals surface area contributed by atoms with E-state index >= 15 is 0 Å². The minimum absolute atomic E-state index is 0.0320. The van der Waals surface area contributed by atoms with Crippen molar-refractivity contribution in [3.63, 3.8) is 0 Å². The predicted molar refractivity (Wildman–Crippen MR) is 85.1 cm³/mol. The van der Waals surface area contributed by atoms with Gasteiger partial charge in [0.2, 0.25) is 0 Å². The maximum Gasteiger partial charge on any atom is 0.347 e. The highest BCUT2D eigenvalue weighted by atomic mass is 16.5. The molecule has 0 spiro atoms. The summed E-state index contributed by atoms with van der Waals surface area (Å²) in [6.07, 6.45) is 0.271. The smallest absolute Gasteiger partial charge is 0.347 e. The summed E-state index contributed by atoms with van der Waals surface area (Å²) in [5, 5.41) is 10.2. The summed E-state index contributed by atoms with van der Waals surface area (Å²) in [7, 11) is 0. The van der Waals surface area contributed by atoms with E-state index in [2.05, 4.69) is 4.90 Å². The number of morpholine rings is 1. The van der Waals surface area contributed by atoms with Gasteiger partial charge in [0.05, 0.1) is 13.2 Å². The Hall–Kier alpha value is -2.18. The van der Waals surface area contributed by atoms with Crippen molar-refractivity contribution in [1.82, 2.24) is 4.90 Å². The molecule has 3 rings (SSSR count). The zero-order valence-electron chi connectivity index (χ0n) is 13.0. The number of phenols is 1. The zero-order chi connectivity index (χ0) is 16.4. The summed E-state index contributed by atoms with van der Waals surface area (Å²) in [6.45, 7) is 5.36. The van der Waals surface area contributed by atoms with Crippen LogP contribution in [-0.2, 0) is 4.74 Å². The molecule has 0 bridgehead atoms. The highest BCUT2D eigenvalue weighted by Gasteiger charge is 2.17. The van der Waals surface area contributed by atoms with E-state index in [1.165, 1.54) is 6.07 Å². The van der Waals surface area contributed by atoms with Gasteiger partial charge in [-0.3, -0.25) is 9.69 Å². The lowest BCUT2D eigenvalue weighted by atomic mass is 10.0. The molecule has 2 aromatic rings. The third-order valence-corrected chi connectivity index (χ3v) is 4.10. The lowest BCUT2D eigenvalue weighted by molar-refractivity contribution is 0.0370. The standard InChI is InChI=1S/C17H19NO5/c1-11-8-12(19)9-16-13(11)10-14(17(21)23-16)15(20)2-3-18-4-6-22-7-5-18/h8-10,19H,2-7H2,1H3. The van der Waals surface area contributed by atoms with Gasteiger partial charge in [0.25, 0.3) is 0 Å². The fourth-order valence-corrected chi connectivity index (χ4v) is 2.79. The van der Waals surface area contributed by atoms with Crippen LogP contribution < -0.4 is 5.63 Å². The topological polar surface area (TPSA) is 80.0 Å². The molecule has 0 atom stereocenters. The van der Waals surface area contributed by atoms with Crippen LogP contribution in [0.15, 0.2) is 27.4 Å². The quantitative estimate of drug-likeness (QED) is 0.683. The number of hydrogen-bond acceptors (Lipinski definition) is 6. The number of benzene rings is 1. The molecule has 1 aliphatic rings. The van der Waals surface area contributed by atoms with Crippen molar-refractivity contribution in [2.75, 3.05) is 32.8 Å². The Kier molecular flexibility index (Phi) is 4.45. The molecule has 6 nitrogen and oxygen atoms in total. The fourth-order valence-electron chi connectivity index (χ4n) is 2.79. The van der Waals surface area contributed by atoms with Gasteiger partial charge in [0, 0.05) is 37.5 Å². The van der Waals surface area contributed by atoms with Gasteiger partial charge < -0.3 is 14.3 Å². The summed E-state index contributed by atoms with van der Waals surface area (Å²) in [6, 6.07) is 4.52. The zero-order valence-corrected chi connectivity index (χ0v) is 13.0. The van der Waals surface area contributed by atoms with Gasteiger partial charge >= 0.3 is 5.63 Å². The van der Waals surface area contributed by atoms with Gasteiger partial charge in [0.15, 0.2) is 5.78 Å². The van der Waals surface area contributed by atoms with Crippen LogP contribution in [0.3, 0.4) is 0 Å². The molecular weight excluding hydrogens is 298 g/mol. The largest absolute Gasteiger partial charge is 0.508 e. The lowest BCUT2D eigenvalue weighted by Crippen LogP contribution is -2.37. The Morgan fingerprint density at radius 1 is 1.26 bits per heavy atom. The molecule has 0 radical (unpaired) electrons. The van der Waals surface area contributed by atoms with Gasteiger partial charge in [-0.1, -0.05) is 0 Å². The average molecular weight is 317 g/mol. The van der Waals surface area contributed by atoms with Crippen LogP contribution in [0.4, 0.5) is 0 Å². The number of phenolic OH excluding ortho intramolecular Hbond substituents is 1. The Labute approximate surface area is 133 Å². The molecule has 1 aromatic carbocycles. The van der Waals surface area contributed by atoms with Crippen LogP contribution in [0.25, 0.3) is 11.0 Å². The second-order valence-corrected chi connectivity index (χ2v) is 5.75. The molecule has 1 aliphatic heterocycles. The van der Waals surface area contributed by atoms with E-state index in [4.69, 9.17) is 9.15 Å². The third kappa shape index (κ3) is 3.43. The van der Waals surface area contributed by atoms with E-state index in [1.807, 2.05) is 0 Å². The van der Waals surface area contributed by atoms with Crippen molar-refractivity contribution in [3.05, 3.63) is 39.7 Å². The normalized spacial score (nSPS) is 15.9. The van der Waals surface area contributed by atoms with Crippen LogP contribution in [0.2, 0.25) is 0 Å². The van der Waals surface area contributed by atoms with E-state index in [1.54, 1.807) is 19.1 Å². The van der Waals surface area contributed by atoms with Crippen LogP contribution in [0, 0.1) is 6.92 Å². The molecule has 0 saturated carbocycles. The average Bonchev–Trinajstić information content (AvgIpc) is 2.53. The number of fused-ring (bicyclic) bond motifs is 1. The van der Waals surface area contributed by atoms with Crippen LogP contribution in [0.5, 0.6) is 5.75 Å². The molecular formula is C17H19NO5. The van der Waals surface area contributed by atoms with Crippen LogP contribution >= 0.6 is 0 Å². The number of nitrogens with zero attached hydrogens (tertiary/aromatic N) is 1. The van der Waals surface area contributed by atoms with Gasteiger partial charge in [-0.15, -0.1) is 0 Å². The van der Waals surface area contributed by atoms with Crippen LogP contribution in [-0.4, -0.2) is 48.6 Å². The number of aryl methyl sites for hydroxylation is 1. The molecule has 1 fully saturated rings. The SMILES string of the molecule is Cc1cc(O)cc2oc(=O)c(C(=O)CCN3CCOCC3)cc12. The molecule has 1 aromatic heterocycles. The molecule has 6 heteroatoms. The monoisotopic (exact) mass is 317 g/mol. The van der Waals surface area contributed by atoms with Gasteiger partial charge in [-0.25, -0.2) is 4.79 Å². The van der Waals surface area contributed by atoms with E-state index < -0.39 is 5.63 Å². The van der Waals surface area contributed by atoms with Crippen molar-refractivity contribution in [2.24, 2.45) is 0 Å². The summed E-state index contributed by atoms with van der Waals surface area (Å²) < 4.78 is 10.5. The first-order chi connectivity index (χ1) is 11.0. The van der Waals surface area contributed by atoms with Crippen molar-refractivity contribution >= 4 is 16.8 Å². The fraction of sp³-hybridized carbons (Fsp3) is 0.412. The number of hydrogen-bond donors (Lipinski definition) is 1. The maximum atomic E-state index is 12.4. The predicted octanol–water partition coefficient (Wildman–Crippen LogP) is 1.71. The van der Waals surface area contributed by atoms with E-state index in [0.29, 0.717) is 25.1 Å². The number of aromatic hydroxyl groups is 1. The van der Waals surface area contributed by atoms with Gasteiger partial charge in [-0.2, -0.15) is 0 Å². The molecule has 1 saturated heterocycles. The maximum absolute atomic E-state index is 12.4. The number of carbonyl (C=O) groups is 1. The van der Waals surface area contributed by atoms with Crippen LogP contribution in [0.1, 0.15) is 22.3 Å². The number of ketones is 1. The Morgan fingerprint density at radius 2 is 2.00 bits per heavy atom. The minimum atomic E-state index is -0.658. The Bertz CT molecular complexity index is 789. The molecule has 0 aliphatic carbocycles. The van der Waals surface area contributed by atoms with Gasteiger partial charge in [0.1, 0.15) is 16.9 Å². The highest BCUT2D eigenvalue weighted by molar-refractivity contribution is 5.98. The molecule has 2 heterocycles. The molecule has 0 unspecified atom stereocenters. The Morgan fingerprint density at radius 3 is 2.74 bits per heavy atom. The number of rotatable bonds is 4. The first-order valence-corrected chi connectivity index (χ1v) is 7.65. The number of Topliss-reactive ketones (excluding diaryl/α,β-unsaturated/α-hetero) is 1. The Balaban J connectivity index is 1.82. The summed E-state index contributed by atoms with van der Waals surface area (Å²) in [5.74, 6) is -0.191. The van der Waals surface area contributed by atoms with E-state index in [0.717, 1.165) is 18.7 Å². The molecule has 0 amide bonds. The number of ether oxygens (including phenoxy) is 1. The van der Waals surface area contributed by atoms with E-state index in [-0.39, 0.29) is 29.1 Å². The molecule has 122 valence electrons. The highest BCUT2D eigenvalue weighted by Crippen LogP contribution is 2.24. The summed E-state index contributed by atoms with van der Waals surface area (Å²) >= 11 is 0.